The van der Waals surface area contributed by atoms with Crippen molar-refractivity contribution in [3.05, 3.63) is 47.5 Å². The number of phenolic OH excluding ortho intramolecular Hbond substituents is 1. The lowest BCUT2D eigenvalue weighted by Crippen LogP contribution is -2.51. The quantitative estimate of drug-likeness (QED) is 0.698. The molecule has 0 spiro atoms. The molecule has 1 aromatic carbocycles. The van der Waals surface area contributed by atoms with Crippen LogP contribution in [0.3, 0.4) is 0 Å². The zero-order chi connectivity index (χ0) is 19.2. The fourth-order valence-corrected chi connectivity index (χ4v) is 2.82. The smallest absolute Gasteiger partial charge is 0.274 e. The normalized spacial score (nSPS) is 16.8. The van der Waals surface area contributed by atoms with E-state index in [0.29, 0.717) is 19.4 Å². The van der Waals surface area contributed by atoms with E-state index in [1.807, 2.05) is 0 Å². The number of carbonyl (C=O) groups is 2. The number of hydrogen-bond acceptors (Lipinski definition) is 8. The lowest BCUT2D eigenvalue weighted by Gasteiger charge is -2.35. The lowest BCUT2D eigenvalue weighted by molar-refractivity contribution is -0.0155. The summed E-state index contributed by atoms with van der Waals surface area (Å²) >= 11 is 0. The van der Waals surface area contributed by atoms with Gasteiger partial charge in [0.1, 0.15) is 18.1 Å². The van der Waals surface area contributed by atoms with Gasteiger partial charge in [-0.1, -0.05) is 6.07 Å². The highest BCUT2D eigenvalue weighted by molar-refractivity contribution is 5.93. The number of aromatic hydroxyl groups is 1. The van der Waals surface area contributed by atoms with Crippen molar-refractivity contribution in [1.82, 2.24) is 14.9 Å². The molecule has 1 aliphatic heterocycles. The van der Waals surface area contributed by atoms with Gasteiger partial charge in [-0.25, -0.2) is 4.98 Å². The fraction of sp³-hybridized carbons (Fsp3) is 0.333. The molecular weight excluding hydrogens is 354 g/mol. The molecule has 1 saturated heterocycles. The van der Waals surface area contributed by atoms with E-state index < -0.39 is 12.6 Å². The van der Waals surface area contributed by atoms with E-state index >= 15 is 0 Å². The molecule has 2 heterocycles. The molecule has 142 valence electrons. The monoisotopic (exact) mass is 373 g/mol. The van der Waals surface area contributed by atoms with Crippen LogP contribution in [0.1, 0.15) is 26.5 Å². The zero-order valence-corrected chi connectivity index (χ0v) is 14.4. The van der Waals surface area contributed by atoms with Crippen LogP contribution >= 0.6 is 0 Å². The summed E-state index contributed by atoms with van der Waals surface area (Å²) in [5, 5.41) is 19.1. The molecule has 1 amide bonds. The molecule has 9 heteroatoms. The van der Waals surface area contributed by atoms with E-state index in [4.69, 9.17) is 9.47 Å². The number of hydrogen-bond donors (Lipinski definition) is 2. The van der Waals surface area contributed by atoms with Gasteiger partial charge in [-0.2, -0.15) is 0 Å². The largest absolute Gasteiger partial charge is 0.507 e. The Morgan fingerprint density at radius 2 is 2.19 bits per heavy atom. The maximum atomic E-state index is 12.9. The molecule has 2 N–H and O–H groups in total. The molecule has 0 aliphatic carbocycles. The maximum absolute atomic E-state index is 12.9. The molecule has 1 fully saturated rings. The molecule has 0 radical (unpaired) electrons. The van der Waals surface area contributed by atoms with Crippen molar-refractivity contribution in [2.45, 2.75) is 12.6 Å². The number of morpholine rings is 1. The minimum Gasteiger partial charge on any atom is -0.507 e. The minimum atomic E-state index is -0.429. The summed E-state index contributed by atoms with van der Waals surface area (Å²) in [4.78, 5) is 33.6. The van der Waals surface area contributed by atoms with E-state index in [0.717, 1.165) is 0 Å². The van der Waals surface area contributed by atoms with Crippen LogP contribution in [-0.4, -0.2) is 69.7 Å². The summed E-state index contributed by atoms with van der Waals surface area (Å²) in [5.41, 5.74) is 0.325. The third-order valence-corrected chi connectivity index (χ3v) is 4.21. The fourth-order valence-electron chi connectivity index (χ4n) is 2.82. The van der Waals surface area contributed by atoms with Crippen molar-refractivity contribution in [2.75, 3.05) is 26.4 Å². The van der Waals surface area contributed by atoms with E-state index in [1.165, 1.54) is 18.5 Å². The molecule has 1 aliphatic rings. The third-order valence-electron chi connectivity index (χ3n) is 4.21. The molecule has 27 heavy (non-hydrogen) atoms. The van der Waals surface area contributed by atoms with Gasteiger partial charge in [0.05, 0.1) is 37.1 Å². The van der Waals surface area contributed by atoms with Gasteiger partial charge >= 0.3 is 0 Å². The summed E-state index contributed by atoms with van der Waals surface area (Å²) in [7, 11) is 0. The average molecular weight is 373 g/mol. The number of rotatable bonds is 6. The zero-order valence-electron chi connectivity index (χ0n) is 14.4. The predicted octanol–water partition coefficient (Wildman–Crippen LogP) is 0.407. The Balaban J connectivity index is 1.77. The van der Waals surface area contributed by atoms with Crippen molar-refractivity contribution in [2.24, 2.45) is 0 Å². The van der Waals surface area contributed by atoms with Gasteiger partial charge < -0.3 is 24.6 Å². The van der Waals surface area contributed by atoms with Crippen LogP contribution in [0.2, 0.25) is 0 Å². The van der Waals surface area contributed by atoms with Crippen molar-refractivity contribution in [3.63, 3.8) is 0 Å². The lowest BCUT2D eigenvalue weighted by atomic mass is 10.1. The Labute approximate surface area is 155 Å². The number of nitrogens with zero attached hydrogens (tertiary/aromatic N) is 3. The number of aliphatic hydroxyl groups is 1. The highest BCUT2D eigenvalue weighted by atomic mass is 16.5. The molecular formula is C18H19N3O6. The molecule has 2 aromatic rings. The first-order chi connectivity index (χ1) is 13.2. The van der Waals surface area contributed by atoms with Crippen molar-refractivity contribution < 1.29 is 29.3 Å². The Hall–Kier alpha value is -3.04. The van der Waals surface area contributed by atoms with Gasteiger partial charge in [-0.05, 0) is 12.1 Å². The predicted molar refractivity (Wildman–Crippen MR) is 92.6 cm³/mol. The number of benzene rings is 1. The first kappa shape index (κ1) is 18.7. The average Bonchev–Trinajstić information content (AvgIpc) is 2.72. The molecule has 0 unspecified atom stereocenters. The molecule has 0 bridgehead atoms. The van der Waals surface area contributed by atoms with Crippen LogP contribution in [0.5, 0.6) is 11.5 Å². The van der Waals surface area contributed by atoms with Crippen LogP contribution in [0, 0.1) is 0 Å². The highest BCUT2D eigenvalue weighted by Crippen LogP contribution is 2.26. The number of aldehydes is 1. The Kier molecular flexibility index (Phi) is 5.94. The highest BCUT2D eigenvalue weighted by Gasteiger charge is 2.31. The van der Waals surface area contributed by atoms with Gasteiger partial charge in [0, 0.05) is 18.9 Å². The first-order valence-corrected chi connectivity index (χ1v) is 8.35. The summed E-state index contributed by atoms with van der Waals surface area (Å²) in [6.45, 7) is 0.602. The number of phenols is 1. The molecule has 1 aromatic heterocycles. The third kappa shape index (κ3) is 4.04. The van der Waals surface area contributed by atoms with E-state index in [2.05, 4.69) is 9.97 Å². The number of carbonyl (C=O) groups excluding carboxylic acids is 2. The minimum absolute atomic E-state index is 0.0450. The SMILES string of the molecule is O=Cc1c(O)cccc1OC[C@@H]1COCCN1C(=O)c1nccnc1CO. The van der Waals surface area contributed by atoms with Crippen LogP contribution in [-0.2, 0) is 11.3 Å². The number of aliphatic hydroxyl groups excluding tert-OH is 1. The number of amides is 1. The van der Waals surface area contributed by atoms with Gasteiger partial charge in [-0.15, -0.1) is 0 Å². The second-order valence-electron chi connectivity index (χ2n) is 5.85. The van der Waals surface area contributed by atoms with Crippen molar-refractivity contribution in [3.8, 4) is 11.5 Å². The maximum Gasteiger partial charge on any atom is 0.274 e. The Morgan fingerprint density at radius 1 is 1.37 bits per heavy atom. The summed E-state index contributed by atoms with van der Waals surface area (Å²) in [6, 6.07) is 4.08. The van der Waals surface area contributed by atoms with Crippen molar-refractivity contribution in [1.29, 1.82) is 0 Å². The number of aromatic nitrogens is 2. The summed E-state index contributed by atoms with van der Waals surface area (Å²) in [6.07, 6.45) is 3.31. The van der Waals surface area contributed by atoms with Crippen LogP contribution in [0.15, 0.2) is 30.6 Å². The molecule has 9 nitrogen and oxygen atoms in total. The Morgan fingerprint density at radius 3 is 2.96 bits per heavy atom. The van der Waals surface area contributed by atoms with Crippen LogP contribution < -0.4 is 4.74 Å². The van der Waals surface area contributed by atoms with Crippen molar-refractivity contribution >= 4 is 12.2 Å². The van der Waals surface area contributed by atoms with Crippen LogP contribution in [0.25, 0.3) is 0 Å². The second-order valence-corrected chi connectivity index (χ2v) is 5.85. The second kappa shape index (κ2) is 8.56. The van der Waals surface area contributed by atoms with Gasteiger partial charge in [0.2, 0.25) is 0 Å². The first-order valence-electron chi connectivity index (χ1n) is 8.35. The molecule has 0 saturated carbocycles. The van der Waals surface area contributed by atoms with Gasteiger partial charge in [0.15, 0.2) is 12.0 Å². The van der Waals surface area contributed by atoms with E-state index in [-0.39, 0.29) is 47.6 Å². The van der Waals surface area contributed by atoms with Gasteiger partial charge in [0.25, 0.3) is 5.91 Å². The van der Waals surface area contributed by atoms with Gasteiger partial charge in [-0.3, -0.25) is 14.6 Å². The Bertz CT molecular complexity index is 828. The van der Waals surface area contributed by atoms with E-state index in [1.54, 1.807) is 17.0 Å². The number of ether oxygens (including phenoxy) is 2. The summed E-state index contributed by atoms with van der Waals surface area (Å²) < 4.78 is 11.1. The topological polar surface area (TPSA) is 122 Å². The molecule has 3 rings (SSSR count). The van der Waals surface area contributed by atoms with E-state index in [9.17, 15) is 19.8 Å². The van der Waals surface area contributed by atoms with Crippen LogP contribution in [0.4, 0.5) is 0 Å². The standard InChI is InChI=1S/C18H19N3O6/c22-8-13-15(24)2-1-3-16(13)27-11-12-10-26-7-6-21(12)18(25)17-14(9-23)19-4-5-20-17/h1-5,8,12,23-24H,6-7,9-11H2/t12-/m0/s1. The summed E-state index contributed by atoms with van der Waals surface area (Å²) in [5.74, 6) is -0.337. The molecule has 1 atom stereocenters.